The van der Waals surface area contributed by atoms with Crippen molar-refractivity contribution in [2.24, 2.45) is 5.16 Å². The van der Waals surface area contributed by atoms with Gasteiger partial charge < -0.3 is 14.9 Å². The molecule has 2 aromatic carbocycles. The van der Waals surface area contributed by atoms with Gasteiger partial charge in [0.2, 0.25) is 6.10 Å². The molecule has 0 aliphatic carbocycles. The fourth-order valence-electron chi connectivity index (χ4n) is 2.44. The van der Waals surface area contributed by atoms with Gasteiger partial charge in [0.05, 0.1) is 24.1 Å². The topological polar surface area (TPSA) is 77.0 Å². The number of amides is 1. The first-order chi connectivity index (χ1) is 12.5. The second kappa shape index (κ2) is 7.30. The molecule has 0 saturated carbocycles. The number of ether oxygens (including phenoxy) is 1. The van der Waals surface area contributed by atoms with Gasteiger partial charge in [0.15, 0.2) is 0 Å². The monoisotopic (exact) mass is 360 g/mol. The molecule has 0 radical (unpaired) electrons. The van der Waals surface area contributed by atoms with Crippen molar-refractivity contribution in [1.82, 2.24) is 0 Å². The number of methoxy groups -OCH3 is 1. The van der Waals surface area contributed by atoms with Crippen molar-refractivity contribution in [1.29, 1.82) is 0 Å². The maximum Gasteiger partial charge on any atom is 0.337 e. The first kappa shape index (κ1) is 17.5. The number of nitrogens with zero attached hydrogens (tertiary/aromatic N) is 1. The number of hydrogen-bond donors (Lipinski definition) is 1. The average Bonchev–Trinajstić information content (AvgIpc) is 3.13. The summed E-state index contributed by atoms with van der Waals surface area (Å²) in [6.45, 7) is 0. The summed E-state index contributed by atoms with van der Waals surface area (Å²) >= 11 is 0. The minimum atomic E-state index is -0.991. The number of carbonyl (C=O) groups is 2. The Morgan fingerprint density at radius 2 is 2.04 bits per heavy atom. The predicted octanol–water partition coefficient (Wildman–Crippen LogP) is 2.88. The van der Waals surface area contributed by atoms with Gasteiger partial charge in [0.25, 0.3) is 5.91 Å². The summed E-state index contributed by atoms with van der Waals surface area (Å²) < 4.78 is 31.7. The maximum atomic E-state index is 13.9. The number of nitrogens with one attached hydrogen (secondary N) is 1. The third kappa shape index (κ3) is 3.69. The highest BCUT2D eigenvalue weighted by molar-refractivity contribution is 6.06. The van der Waals surface area contributed by atoms with Crippen LogP contribution in [0.25, 0.3) is 0 Å². The fraction of sp³-hybridized carbons (Fsp3) is 0.167. The molecule has 0 fully saturated rings. The zero-order chi connectivity index (χ0) is 18.7. The van der Waals surface area contributed by atoms with Crippen LogP contribution in [0.4, 0.5) is 14.5 Å². The normalized spacial score (nSPS) is 15.8. The molecule has 1 aliphatic heterocycles. The summed E-state index contributed by atoms with van der Waals surface area (Å²) in [4.78, 5) is 28.9. The Morgan fingerprint density at radius 1 is 1.23 bits per heavy atom. The number of esters is 1. The largest absolute Gasteiger partial charge is 0.465 e. The third-order valence-corrected chi connectivity index (χ3v) is 3.76. The van der Waals surface area contributed by atoms with E-state index in [1.807, 2.05) is 0 Å². The second-order valence-electron chi connectivity index (χ2n) is 5.52. The van der Waals surface area contributed by atoms with Crippen LogP contribution in [0, 0.1) is 11.6 Å². The van der Waals surface area contributed by atoms with E-state index >= 15 is 0 Å². The number of anilines is 1. The van der Waals surface area contributed by atoms with E-state index in [0.29, 0.717) is 11.3 Å². The predicted molar refractivity (Wildman–Crippen MR) is 88.8 cm³/mol. The Hall–Kier alpha value is -3.29. The van der Waals surface area contributed by atoms with Gasteiger partial charge in [-0.15, -0.1) is 0 Å². The lowest BCUT2D eigenvalue weighted by Gasteiger charge is -2.11. The van der Waals surface area contributed by atoms with E-state index < -0.39 is 29.6 Å². The molecule has 3 rings (SSSR count). The van der Waals surface area contributed by atoms with E-state index in [-0.39, 0.29) is 17.7 Å². The van der Waals surface area contributed by atoms with Crippen molar-refractivity contribution < 1.29 is 27.9 Å². The number of carbonyl (C=O) groups excluding carboxylic acids is 2. The number of halogens is 2. The minimum Gasteiger partial charge on any atom is -0.465 e. The van der Waals surface area contributed by atoms with Crippen LogP contribution in [0.15, 0.2) is 47.6 Å². The van der Waals surface area contributed by atoms with E-state index in [0.717, 1.165) is 6.07 Å². The van der Waals surface area contributed by atoms with Crippen LogP contribution < -0.4 is 5.32 Å². The quantitative estimate of drug-likeness (QED) is 0.851. The van der Waals surface area contributed by atoms with Crippen molar-refractivity contribution in [2.45, 2.75) is 12.5 Å². The molecule has 8 heteroatoms. The highest BCUT2D eigenvalue weighted by Crippen LogP contribution is 2.21. The van der Waals surface area contributed by atoms with Crippen molar-refractivity contribution in [3.8, 4) is 0 Å². The fourth-order valence-corrected chi connectivity index (χ4v) is 2.44. The molecule has 0 aromatic heterocycles. The average molecular weight is 360 g/mol. The van der Waals surface area contributed by atoms with Crippen LogP contribution >= 0.6 is 0 Å². The lowest BCUT2D eigenvalue weighted by molar-refractivity contribution is -0.125. The van der Waals surface area contributed by atoms with E-state index in [2.05, 4.69) is 15.2 Å². The van der Waals surface area contributed by atoms with E-state index in [4.69, 9.17) is 4.84 Å². The van der Waals surface area contributed by atoms with Crippen molar-refractivity contribution >= 4 is 23.3 Å². The Balaban J connectivity index is 1.69. The lowest BCUT2D eigenvalue weighted by atomic mass is 10.0. The second-order valence-corrected chi connectivity index (χ2v) is 5.52. The molecule has 134 valence electrons. The summed E-state index contributed by atoms with van der Waals surface area (Å²) in [6.07, 6.45) is -0.886. The van der Waals surface area contributed by atoms with Gasteiger partial charge in [0, 0.05) is 12.0 Å². The SMILES string of the molecule is COC(=O)c1ccc(F)c(NC(=O)[C@@H]2CC(c3cccc(F)c3)=NO2)c1. The molecule has 0 spiro atoms. The number of rotatable bonds is 4. The van der Waals surface area contributed by atoms with Gasteiger partial charge in [-0.1, -0.05) is 17.3 Å². The number of oxime groups is 1. The molecule has 1 aliphatic rings. The standard InChI is InChI=1S/C18H14F2N2O4/c1-25-18(24)11-5-6-13(20)15(8-11)21-17(23)16-9-14(22-26-16)10-3-2-4-12(19)7-10/h2-8,16H,9H2,1H3,(H,21,23)/t16-/m0/s1. The summed E-state index contributed by atoms with van der Waals surface area (Å²) in [6, 6.07) is 9.20. The van der Waals surface area contributed by atoms with Gasteiger partial charge in [-0.2, -0.15) is 0 Å². The van der Waals surface area contributed by atoms with Crippen molar-refractivity contribution in [2.75, 3.05) is 12.4 Å². The third-order valence-electron chi connectivity index (χ3n) is 3.76. The minimum absolute atomic E-state index is 0.0910. The Morgan fingerprint density at radius 3 is 2.77 bits per heavy atom. The van der Waals surface area contributed by atoms with Crippen molar-refractivity contribution in [3.05, 3.63) is 65.2 Å². The lowest BCUT2D eigenvalue weighted by Crippen LogP contribution is -2.28. The summed E-state index contributed by atoms with van der Waals surface area (Å²) in [5.41, 5.74) is 0.821. The highest BCUT2D eigenvalue weighted by atomic mass is 19.1. The molecule has 0 bridgehead atoms. The van der Waals surface area contributed by atoms with Gasteiger partial charge in [0.1, 0.15) is 11.6 Å². The molecular weight excluding hydrogens is 346 g/mol. The highest BCUT2D eigenvalue weighted by Gasteiger charge is 2.29. The first-order valence-corrected chi connectivity index (χ1v) is 7.65. The Labute approximate surface area is 147 Å². The molecule has 1 heterocycles. The molecular formula is C18H14F2N2O4. The van der Waals surface area contributed by atoms with Crippen LogP contribution in [0.5, 0.6) is 0 Å². The van der Waals surface area contributed by atoms with Crippen LogP contribution in [-0.2, 0) is 14.4 Å². The van der Waals surface area contributed by atoms with Crippen LogP contribution in [-0.4, -0.2) is 30.8 Å². The molecule has 26 heavy (non-hydrogen) atoms. The Bertz CT molecular complexity index is 899. The van der Waals surface area contributed by atoms with Crippen molar-refractivity contribution in [3.63, 3.8) is 0 Å². The smallest absolute Gasteiger partial charge is 0.337 e. The molecule has 0 saturated heterocycles. The summed E-state index contributed by atoms with van der Waals surface area (Å²) in [5.74, 6) is -2.44. The first-order valence-electron chi connectivity index (χ1n) is 7.65. The van der Waals surface area contributed by atoms with Crippen LogP contribution in [0.2, 0.25) is 0 Å². The molecule has 2 aromatic rings. The Kier molecular flexibility index (Phi) is 4.92. The van der Waals surface area contributed by atoms with Gasteiger partial charge >= 0.3 is 5.97 Å². The number of hydrogen-bond acceptors (Lipinski definition) is 5. The van der Waals surface area contributed by atoms with E-state index in [9.17, 15) is 18.4 Å². The zero-order valence-electron chi connectivity index (χ0n) is 13.7. The molecule has 1 amide bonds. The van der Waals surface area contributed by atoms with Crippen LogP contribution in [0.1, 0.15) is 22.3 Å². The van der Waals surface area contributed by atoms with Crippen LogP contribution in [0.3, 0.4) is 0 Å². The molecule has 6 nitrogen and oxygen atoms in total. The molecule has 1 N–H and O–H groups in total. The molecule has 1 atom stereocenters. The molecule has 0 unspecified atom stereocenters. The summed E-state index contributed by atoms with van der Waals surface area (Å²) in [7, 11) is 1.20. The number of benzene rings is 2. The maximum absolute atomic E-state index is 13.9. The van der Waals surface area contributed by atoms with E-state index in [1.165, 1.54) is 37.4 Å². The van der Waals surface area contributed by atoms with Gasteiger partial charge in [-0.3, -0.25) is 4.79 Å². The van der Waals surface area contributed by atoms with Gasteiger partial charge in [-0.25, -0.2) is 13.6 Å². The summed E-state index contributed by atoms with van der Waals surface area (Å²) in [5, 5.41) is 6.15. The van der Waals surface area contributed by atoms with E-state index in [1.54, 1.807) is 6.07 Å². The zero-order valence-corrected chi connectivity index (χ0v) is 13.7. The van der Waals surface area contributed by atoms with Gasteiger partial charge in [-0.05, 0) is 30.3 Å².